The van der Waals surface area contributed by atoms with E-state index in [9.17, 15) is 0 Å². The van der Waals surface area contributed by atoms with Crippen LogP contribution in [0.5, 0.6) is 0 Å². The third-order valence-electron chi connectivity index (χ3n) is 0.749. The Kier molecular flexibility index (Phi) is 2.97. The molecule has 0 rings (SSSR count). The molecule has 0 aliphatic rings. The number of rotatable bonds is 3. The second kappa shape index (κ2) is 3.02. The van der Waals surface area contributed by atoms with Crippen molar-refractivity contribution in [2.45, 2.75) is 19.6 Å². The van der Waals surface area contributed by atoms with E-state index in [4.69, 9.17) is 10.2 Å². The van der Waals surface area contributed by atoms with E-state index in [0.717, 1.165) is 0 Å². The van der Waals surface area contributed by atoms with Gasteiger partial charge in [-0.1, -0.05) is 0 Å². The third-order valence-corrected chi connectivity index (χ3v) is 0.749. The quantitative estimate of drug-likeness (QED) is 0.504. The monoisotopic (exact) mass is 120 g/mol. The van der Waals surface area contributed by atoms with Gasteiger partial charge in [-0.3, -0.25) is 0 Å². The summed E-state index contributed by atoms with van der Waals surface area (Å²) in [6, 6.07) is 0. The third kappa shape index (κ3) is 2.96. The van der Waals surface area contributed by atoms with Crippen LogP contribution in [0.1, 0.15) is 13.8 Å². The molecule has 0 fully saturated rings. The smallest absolute Gasteiger partial charge is 0.186 e. The number of ether oxygens (including phenoxy) is 1. The number of hydrogen-bond donors (Lipinski definition) is 2. The van der Waals surface area contributed by atoms with Gasteiger partial charge in [-0.2, -0.15) is 0 Å². The molecule has 0 saturated heterocycles. The minimum atomic E-state index is -1.35. The van der Waals surface area contributed by atoms with Crippen molar-refractivity contribution in [1.82, 2.24) is 0 Å². The largest absolute Gasteiger partial charge is 0.391 e. The molecule has 0 aromatic carbocycles. The van der Waals surface area contributed by atoms with Crippen LogP contribution in [0.3, 0.4) is 0 Å². The van der Waals surface area contributed by atoms with Crippen LogP contribution in [0.15, 0.2) is 0 Å². The zero-order chi connectivity index (χ0) is 6.62. The molecule has 3 nitrogen and oxygen atoms in total. The minimum absolute atomic E-state index is 0.360. The summed E-state index contributed by atoms with van der Waals surface area (Å²) in [4.78, 5) is 0. The SMILES string of the molecule is CCO[C@@](C)(O)CO. The van der Waals surface area contributed by atoms with Gasteiger partial charge in [0.2, 0.25) is 0 Å². The average molecular weight is 120 g/mol. The van der Waals surface area contributed by atoms with E-state index >= 15 is 0 Å². The first-order chi connectivity index (χ1) is 3.62. The van der Waals surface area contributed by atoms with Crippen molar-refractivity contribution in [3.63, 3.8) is 0 Å². The standard InChI is InChI=1S/C5H12O3/c1-3-8-5(2,7)4-6/h6-7H,3-4H2,1-2H3/t5-/m1/s1. The van der Waals surface area contributed by atoms with Gasteiger partial charge in [-0.25, -0.2) is 0 Å². The molecule has 0 unspecified atom stereocenters. The van der Waals surface area contributed by atoms with Gasteiger partial charge in [0.1, 0.15) is 0 Å². The van der Waals surface area contributed by atoms with Crippen molar-refractivity contribution in [3.8, 4) is 0 Å². The lowest BCUT2D eigenvalue weighted by molar-refractivity contribution is -0.208. The zero-order valence-electron chi connectivity index (χ0n) is 5.22. The number of hydrogen-bond acceptors (Lipinski definition) is 3. The van der Waals surface area contributed by atoms with Crippen LogP contribution in [-0.4, -0.2) is 29.2 Å². The maximum Gasteiger partial charge on any atom is 0.186 e. The van der Waals surface area contributed by atoms with Gasteiger partial charge in [0.15, 0.2) is 5.79 Å². The van der Waals surface area contributed by atoms with Crippen molar-refractivity contribution in [2.75, 3.05) is 13.2 Å². The lowest BCUT2D eigenvalue weighted by Crippen LogP contribution is -2.32. The highest BCUT2D eigenvalue weighted by Crippen LogP contribution is 2.01. The molecule has 8 heavy (non-hydrogen) atoms. The fourth-order valence-corrected chi connectivity index (χ4v) is 0.357. The van der Waals surface area contributed by atoms with Gasteiger partial charge < -0.3 is 14.9 Å². The van der Waals surface area contributed by atoms with Crippen molar-refractivity contribution in [1.29, 1.82) is 0 Å². The molecular formula is C5H12O3. The Labute approximate surface area is 48.9 Å². The fourth-order valence-electron chi connectivity index (χ4n) is 0.357. The summed E-state index contributed by atoms with van der Waals surface area (Å²) in [5, 5.41) is 17.2. The Bertz CT molecular complexity index is 60.7. The van der Waals surface area contributed by atoms with Gasteiger partial charge in [-0.15, -0.1) is 0 Å². The fraction of sp³-hybridized carbons (Fsp3) is 1.00. The molecule has 1 atom stereocenters. The van der Waals surface area contributed by atoms with E-state index in [1.165, 1.54) is 6.92 Å². The van der Waals surface area contributed by atoms with Gasteiger partial charge in [0.25, 0.3) is 0 Å². The Hall–Kier alpha value is -0.120. The second-order valence-electron chi connectivity index (χ2n) is 1.77. The summed E-state index contributed by atoms with van der Waals surface area (Å²) in [5.74, 6) is -1.35. The molecule has 0 aromatic heterocycles. The second-order valence-corrected chi connectivity index (χ2v) is 1.77. The lowest BCUT2D eigenvalue weighted by Gasteiger charge is -2.19. The summed E-state index contributed by atoms with van der Waals surface area (Å²) in [5.41, 5.74) is 0. The zero-order valence-corrected chi connectivity index (χ0v) is 5.22. The highest BCUT2D eigenvalue weighted by Gasteiger charge is 2.17. The maximum absolute atomic E-state index is 8.85. The number of aliphatic hydroxyl groups excluding tert-OH is 1. The van der Waals surface area contributed by atoms with Crippen molar-refractivity contribution in [3.05, 3.63) is 0 Å². The van der Waals surface area contributed by atoms with Crippen LogP contribution < -0.4 is 0 Å². The van der Waals surface area contributed by atoms with E-state index < -0.39 is 5.79 Å². The first kappa shape index (κ1) is 7.88. The van der Waals surface area contributed by atoms with Gasteiger partial charge in [-0.05, 0) is 13.8 Å². The van der Waals surface area contributed by atoms with Crippen LogP contribution in [-0.2, 0) is 4.74 Å². The predicted molar refractivity (Wildman–Crippen MR) is 29.3 cm³/mol. The van der Waals surface area contributed by atoms with E-state index in [1.807, 2.05) is 0 Å². The molecule has 2 N–H and O–H groups in total. The molecule has 0 amide bonds. The van der Waals surface area contributed by atoms with Crippen LogP contribution in [0.2, 0.25) is 0 Å². The normalized spacial score (nSPS) is 18.0. The van der Waals surface area contributed by atoms with Crippen molar-refractivity contribution in [2.24, 2.45) is 0 Å². The first-order valence-corrected chi connectivity index (χ1v) is 2.59. The van der Waals surface area contributed by atoms with E-state index in [1.54, 1.807) is 6.92 Å². The van der Waals surface area contributed by atoms with E-state index in [2.05, 4.69) is 4.74 Å². The Balaban J connectivity index is 3.37. The summed E-state index contributed by atoms with van der Waals surface area (Å²) >= 11 is 0. The summed E-state index contributed by atoms with van der Waals surface area (Å²) < 4.78 is 4.68. The highest BCUT2D eigenvalue weighted by molar-refractivity contribution is 4.53. The Morgan fingerprint density at radius 1 is 1.62 bits per heavy atom. The van der Waals surface area contributed by atoms with Gasteiger partial charge in [0, 0.05) is 6.61 Å². The minimum Gasteiger partial charge on any atom is -0.391 e. The summed E-state index contributed by atoms with van der Waals surface area (Å²) in [6.07, 6.45) is 0. The molecule has 0 saturated carbocycles. The van der Waals surface area contributed by atoms with Crippen LogP contribution in [0, 0.1) is 0 Å². The van der Waals surface area contributed by atoms with E-state index in [0.29, 0.717) is 6.61 Å². The Morgan fingerprint density at radius 3 is 2.25 bits per heavy atom. The lowest BCUT2D eigenvalue weighted by atomic mass is 10.3. The van der Waals surface area contributed by atoms with Gasteiger partial charge >= 0.3 is 0 Å². The molecule has 0 spiro atoms. The molecule has 0 radical (unpaired) electrons. The van der Waals surface area contributed by atoms with Crippen molar-refractivity contribution >= 4 is 0 Å². The average Bonchev–Trinajstić information content (AvgIpc) is 1.67. The number of aliphatic hydroxyl groups is 2. The molecule has 0 aliphatic heterocycles. The van der Waals surface area contributed by atoms with Crippen LogP contribution >= 0.6 is 0 Å². The topological polar surface area (TPSA) is 49.7 Å². The highest BCUT2D eigenvalue weighted by atomic mass is 16.6. The van der Waals surface area contributed by atoms with E-state index in [-0.39, 0.29) is 6.61 Å². The molecule has 50 valence electrons. The summed E-state index contributed by atoms with van der Waals surface area (Å²) in [6.45, 7) is 3.22. The van der Waals surface area contributed by atoms with Crippen LogP contribution in [0.4, 0.5) is 0 Å². The predicted octanol–water partition coefficient (Wildman–Crippen LogP) is -0.276. The molecular weight excluding hydrogens is 108 g/mol. The molecule has 3 heteroatoms. The molecule has 0 aromatic rings. The molecule has 0 heterocycles. The molecule has 0 bridgehead atoms. The van der Waals surface area contributed by atoms with Gasteiger partial charge in [0.05, 0.1) is 6.61 Å². The maximum atomic E-state index is 8.85. The van der Waals surface area contributed by atoms with Crippen molar-refractivity contribution < 1.29 is 14.9 Å². The Morgan fingerprint density at radius 2 is 2.12 bits per heavy atom. The summed E-state index contributed by atoms with van der Waals surface area (Å²) in [7, 11) is 0. The molecule has 0 aliphatic carbocycles. The van der Waals surface area contributed by atoms with Crippen LogP contribution in [0.25, 0.3) is 0 Å². The first-order valence-electron chi connectivity index (χ1n) is 2.59.